The van der Waals surface area contributed by atoms with E-state index in [4.69, 9.17) is 5.73 Å². The largest absolute Gasteiger partial charge is 0.369 e. The molecule has 4 bridgehead atoms. The van der Waals surface area contributed by atoms with Gasteiger partial charge >= 0.3 is 10.2 Å². The Kier molecular flexibility index (Phi) is 5.78. The van der Waals surface area contributed by atoms with Crippen LogP contribution in [-0.4, -0.2) is 50.2 Å². The van der Waals surface area contributed by atoms with E-state index in [9.17, 15) is 35.6 Å². The Morgan fingerprint density at radius 3 is 2.20 bits per heavy atom. The van der Waals surface area contributed by atoms with E-state index in [-0.39, 0.29) is 47.1 Å². The SMILES string of the molecule is NC(=O)C12CC3CC(C1)C(NC(=O)CN1CCCN(c4c(F)c(F)cc(F)c4F)S1(=O)=O)C(C3)C2. The fourth-order valence-corrected chi connectivity index (χ4v) is 8.55. The van der Waals surface area contributed by atoms with Gasteiger partial charge in [0.1, 0.15) is 5.69 Å². The zero-order valence-electron chi connectivity index (χ0n) is 18.8. The molecule has 0 radical (unpaired) electrons. The lowest BCUT2D eigenvalue weighted by Crippen LogP contribution is -2.63. The van der Waals surface area contributed by atoms with Gasteiger partial charge in [-0.15, -0.1) is 0 Å². The van der Waals surface area contributed by atoms with Crippen LogP contribution in [0.3, 0.4) is 0 Å². The lowest BCUT2D eigenvalue weighted by Gasteiger charge is -2.58. The van der Waals surface area contributed by atoms with Gasteiger partial charge in [-0.3, -0.25) is 13.9 Å². The van der Waals surface area contributed by atoms with Crippen molar-refractivity contribution in [3.63, 3.8) is 0 Å². The first-order chi connectivity index (χ1) is 16.4. The molecule has 1 aliphatic heterocycles. The average Bonchev–Trinajstić information content (AvgIpc) is 2.77. The summed E-state index contributed by atoms with van der Waals surface area (Å²) in [6.07, 6.45) is 3.73. The van der Waals surface area contributed by atoms with E-state index in [1.807, 2.05) is 0 Å². The van der Waals surface area contributed by atoms with Crippen molar-refractivity contribution in [2.45, 2.75) is 44.6 Å². The van der Waals surface area contributed by atoms with Gasteiger partial charge in [0.25, 0.3) is 0 Å². The number of primary amides is 1. The summed E-state index contributed by atoms with van der Waals surface area (Å²) in [5.74, 6) is -7.50. The summed E-state index contributed by atoms with van der Waals surface area (Å²) in [5.41, 5.74) is 3.81. The van der Waals surface area contributed by atoms with Crippen LogP contribution in [0.2, 0.25) is 0 Å². The number of benzene rings is 1. The quantitative estimate of drug-likeness (QED) is 0.457. The maximum Gasteiger partial charge on any atom is 0.304 e. The highest BCUT2D eigenvalue weighted by molar-refractivity contribution is 7.90. The molecule has 5 aliphatic rings. The van der Waals surface area contributed by atoms with Crippen molar-refractivity contribution >= 4 is 27.7 Å². The van der Waals surface area contributed by atoms with E-state index in [0.717, 1.165) is 23.6 Å². The molecule has 2 amide bonds. The minimum Gasteiger partial charge on any atom is -0.369 e. The summed E-state index contributed by atoms with van der Waals surface area (Å²) < 4.78 is 83.2. The minimum atomic E-state index is -4.64. The number of nitrogens with two attached hydrogens (primary N) is 1. The van der Waals surface area contributed by atoms with Gasteiger partial charge < -0.3 is 11.1 Å². The van der Waals surface area contributed by atoms with E-state index in [2.05, 4.69) is 5.32 Å². The highest BCUT2D eigenvalue weighted by Gasteiger charge is 2.58. The molecule has 1 saturated heterocycles. The third-order valence-corrected chi connectivity index (χ3v) is 10.0. The Bertz CT molecular complexity index is 1150. The van der Waals surface area contributed by atoms with Crippen LogP contribution in [0.4, 0.5) is 23.2 Å². The molecule has 2 unspecified atom stereocenters. The summed E-state index contributed by atoms with van der Waals surface area (Å²) in [7, 11) is -4.64. The second kappa shape index (κ2) is 8.32. The van der Waals surface area contributed by atoms with Gasteiger partial charge in [0.15, 0.2) is 23.3 Å². The smallest absolute Gasteiger partial charge is 0.304 e. The fraction of sp³-hybridized carbons (Fsp3) is 0.636. The lowest BCUT2D eigenvalue weighted by molar-refractivity contribution is -0.147. The maximum absolute atomic E-state index is 14.3. The molecular formula is C22H26F4N4O4S. The molecule has 5 fully saturated rings. The highest BCUT2D eigenvalue weighted by Crippen LogP contribution is 2.59. The Morgan fingerprint density at radius 1 is 1.03 bits per heavy atom. The standard InChI is InChI=1S/C22H26F4N4O4S/c23-14-6-15(24)18(26)20(17(14)25)30-3-1-2-29(35(30,33)34)10-16(31)28-19-12-4-11-5-13(19)9-22(7-11,8-12)21(27)32/h6,11-13,19H,1-5,7-10H2,(H2,27,32)(H,28,31). The van der Waals surface area contributed by atoms with Gasteiger partial charge in [-0.1, -0.05) is 0 Å². The number of hydrogen-bond acceptors (Lipinski definition) is 4. The zero-order valence-corrected chi connectivity index (χ0v) is 19.6. The Hall–Kier alpha value is -2.41. The first-order valence-electron chi connectivity index (χ1n) is 11.6. The third kappa shape index (κ3) is 3.87. The second-order valence-corrected chi connectivity index (χ2v) is 12.1. The predicted octanol–water partition coefficient (Wildman–Crippen LogP) is 1.80. The number of anilines is 1. The van der Waals surface area contributed by atoms with Gasteiger partial charge in [0, 0.05) is 30.6 Å². The molecule has 13 heteroatoms. The van der Waals surface area contributed by atoms with Crippen LogP contribution >= 0.6 is 0 Å². The van der Waals surface area contributed by atoms with Crippen LogP contribution in [0.25, 0.3) is 0 Å². The molecule has 3 N–H and O–H groups in total. The van der Waals surface area contributed by atoms with Crippen molar-refractivity contribution in [1.82, 2.24) is 9.62 Å². The number of carbonyl (C=O) groups is 2. The molecule has 0 spiro atoms. The van der Waals surface area contributed by atoms with E-state index >= 15 is 0 Å². The first-order valence-corrected chi connectivity index (χ1v) is 13.0. The number of nitrogens with one attached hydrogen (secondary N) is 1. The Balaban J connectivity index is 1.32. The van der Waals surface area contributed by atoms with Crippen LogP contribution in [0.1, 0.15) is 38.5 Å². The van der Waals surface area contributed by atoms with Crippen molar-refractivity contribution in [1.29, 1.82) is 0 Å². The van der Waals surface area contributed by atoms with Crippen LogP contribution in [0.15, 0.2) is 6.07 Å². The first kappa shape index (κ1) is 24.3. The topological polar surface area (TPSA) is 113 Å². The van der Waals surface area contributed by atoms with E-state index in [1.54, 1.807) is 0 Å². The van der Waals surface area contributed by atoms with E-state index in [0.29, 0.717) is 18.8 Å². The second-order valence-electron chi connectivity index (χ2n) is 10.3. The van der Waals surface area contributed by atoms with Crippen molar-refractivity contribution in [3.8, 4) is 0 Å². The van der Waals surface area contributed by atoms with E-state index in [1.165, 1.54) is 0 Å². The molecule has 8 nitrogen and oxygen atoms in total. The van der Waals surface area contributed by atoms with Crippen LogP contribution in [0.5, 0.6) is 0 Å². The fourth-order valence-electron chi connectivity index (χ4n) is 6.88. The number of halogens is 4. The zero-order chi connectivity index (χ0) is 25.3. The van der Waals surface area contributed by atoms with Gasteiger partial charge in [0.05, 0.1) is 6.54 Å². The minimum absolute atomic E-state index is 0.00328. The van der Waals surface area contributed by atoms with Crippen molar-refractivity contribution < 1.29 is 35.6 Å². The molecule has 4 saturated carbocycles. The Labute approximate surface area is 200 Å². The summed E-state index contributed by atoms with van der Waals surface area (Å²) in [4.78, 5) is 25.0. The molecule has 35 heavy (non-hydrogen) atoms. The average molecular weight is 519 g/mol. The van der Waals surface area contributed by atoms with Crippen LogP contribution in [-0.2, 0) is 19.8 Å². The monoisotopic (exact) mass is 518 g/mol. The molecule has 1 heterocycles. The Morgan fingerprint density at radius 2 is 1.63 bits per heavy atom. The number of hydrogen-bond donors (Lipinski definition) is 2. The van der Waals surface area contributed by atoms with Crippen molar-refractivity contribution in [2.24, 2.45) is 28.9 Å². The van der Waals surface area contributed by atoms with Gasteiger partial charge in [-0.25, -0.2) is 17.6 Å². The van der Waals surface area contributed by atoms with Crippen LogP contribution in [0, 0.1) is 46.4 Å². The van der Waals surface area contributed by atoms with Gasteiger partial charge in [0.2, 0.25) is 11.8 Å². The molecule has 2 atom stereocenters. The molecule has 6 rings (SSSR count). The molecular weight excluding hydrogens is 492 g/mol. The summed E-state index contributed by atoms with van der Waals surface area (Å²) in [6, 6.07) is -0.217. The molecule has 192 valence electrons. The molecule has 4 aliphatic carbocycles. The number of rotatable bonds is 5. The van der Waals surface area contributed by atoms with Crippen molar-refractivity contribution in [2.75, 3.05) is 23.9 Å². The molecule has 1 aromatic carbocycles. The molecule has 0 aromatic heterocycles. The molecule has 1 aromatic rings. The number of carbonyl (C=O) groups excluding carboxylic acids is 2. The van der Waals surface area contributed by atoms with E-state index < -0.39 is 63.6 Å². The maximum atomic E-state index is 14.3. The predicted molar refractivity (Wildman–Crippen MR) is 116 cm³/mol. The lowest BCUT2D eigenvalue weighted by atomic mass is 9.47. The van der Waals surface area contributed by atoms with Gasteiger partial charge in [-0.2, -0.15) is 12.7 Å². The summed E-state index contributed by atoms with van der Waals surface area (Å²) in [5, 5.41) is 2.91. The summed E-state index contributed by atoms with van der Waals surface area (Å²) in [6.45, 7) is -1.11. The number of amides is 2. The van der Waals surface area contributed by atoms with Crippen molar-refractivity contribution in [3.05, 3.63) is 29.3 Å². The summed E-state index contributed by atoms with van der Waals surface area (Å²) >= 11 is 0. The number of nitrogens with zero attached hydrogens (tertiary/aromatic N) is 2. The normalized spacial score (nSPS) is 33.7. The van der Waals surface area contributed by atoms with Gasteiger partial charge in [-0.05, 0) is 56.3 Å². The third-order valence-electron chi connectivity index (χ3n) is 8.16. The van der Waals surface area contributed by atoms with Crippen LogP contribution < -0.4 is 15.4 Å². The highest BCUT2D eigenvalue weighted by atomic mass is 32.2.